The number of anilines is 1. The van der Waals surface area contributed by atoms with Crippen molar-refractivity contribution in [3.63, 3.8) is 0 Å². The molecule has 40 heavy (non-hydrogen) atoms. The van der Waals surface area contributed by atoms with Gasteiger partial charge in [0.1, 0.15) is 12.6 Å². The van der Waals surface area contributed by atoms with Gasteiger partial charge in [-0.05, 0) is 79.6 Å². The maximum absolute atomic E-state index is 14.2. The number of rotatable bonds is 12. The van der Waals surface area contributed by atoms with Gasteiger partial charge >= 0.3 is 0 Å². The highest BCUT2D eigenvalue weighted by molar-refractivity contribution is 7.92. The average molecular weight is 564 g/mol. The monoisotopic (exact) mass is 563 g/mol. The number of hydrogen-bond acceptors (Lipinski definition) is 4. The molecule has 7 nitrogen and oxygen atoms in total. The summed E-state index contributed by atoms with van der Waals surface area (Å²) < 4.78 is 29.0. The quantitative estimate of drug-likeness (QED) is 0.320. The number of carbonyl (C=O) groups excluding carboxylic acids is 2. The van der Waals surface area contributed by atoms with E-state index in [4.69, 9.17) is 0 Å². The first-order valence-corrected chi connectivity index (χ1v) is 15.2. The Morgan fingerprint density at radius 1 is 0.850 bits per heavy atom. The molecule has 0 bridgehead atoms. The normalized spacial score (nSPS) is 12.2. The first-order valence-electron chi connectivity index (χ1n) is 13.7. The van der Waals surface area contributed by atoms with Crippen LogP contribution in [0.2, 0.25) is 0 Å². The first-order chi connectivity index (χ1) is 18.9. The third-order valence-electron chi connectivity index (χ3n) is 7.06. The summed E-state index contributed by atoms with van der Waals surface area (Å²) in [6.45, 7) is 11.9. The molecular weight excluding hydrogens is 522 g/mol. The van der Waals surface area contributed by atoms with Crippen LogP contribution < -0.4 is 9.62 Å². The molecule has 2 amide bonds. The van der Waals surface area contributed by atoms with Crippen LogP contribution in [0.1, 0.15) is 49.4 Å². The number of carbonyl (C=O) groups is 2. The standard InChI is InChI=1S/C32H41N3O4S/c1-7-30(32(37)33-20-23(2)3)34(21-27-14-12-11-13-25(27)5)31(36)22-35(28-18-17-24(4)26(6)19-28)40(38,39)29-15-9-8-10-16-29/h8-19,23,30H,7,20-22H2,1-6H3,(H,33,37)/t30-/m1/s1. The van der Waals surface area contributed by atoms with Crippen molar-refractivity contribution in [2.75, 3.05) is 17.4 Å². The van der Waals surface area contributed by atoms with Crippen LogP contribution in [0.4, 0.5) is 5.69 Å². The molecule has 0 aliphatic rings. The Morgan fingerprint density at radius 2 is 1.50 bits per heavy atom. The minimum atomic E-state index is -4.08. The highest BCUT2D eigenvalue weighted by Gasteiger charge is 2.34. The predicted molar refractivity (Wildman–Crippen MR) is 161 cm³/mol. The van der Waals surface area contributed by atoms with E-state index in [0.717, 1.165) is 26.6 Å². The van der Waals surface area contributed by atoms with Crippen molar-refractivity contribution in [2.45, 2.75) is 65.4 Å². The molecule has 0 saturated carbocycles. The van der Waals surface area contributed by atoms with Gasteiger partial charge < -0.3 is 10.2 Å². The molecule has 1 atom stereocenters. The third-order valence-corrected chi connectivity index (χ3v) is 8.85. The third kappa shape index (κ3) is 7.50. The minimum Gasteiger partial charge on any atom is -0.354 e. The maximum Gasteiger partial charge on any atom is 0.264 e. The topological polar surface area (TPSA) is 86.8 Å². The number of amides is 2. The van der Waals surface area contributed by atoms with Crippen LogP contribution in [0.3, 0.4) is 0 Å². The van der Waals surface area contributed by atoms with Gasteiger partial charge in [-0.3, -0.25) is 13.9 Å². The van der Waals surface area contributed by atoms with E-state index in [2.05, 4.69) is 5.32 Å². The number of nitrogens with zero attached hydrogens (tertiary/aromatic N) is 2. The van der Waals surface area contributed by atoms with Crippen LogP contribution in [0.15, 0.2) is 77.7 Å². The Labute approximate surface area is 239 Å². The molecule has 1 N–H and O–H groups in total. The Bertz CT molecular complexity index is 1420. The van der Waals surface area contributed by atoms with E-state index in [0.29, 0.717) is 18.7 Å². The second-order valence-electron chi connectivity index (χ2n) is 10.6. The molecule has 0 radical (unpaired) electrons. The van der Waals surface area contributed by atoms with E-state index in [9.17, 15) is 18.0 Å². The molecule has 3 aromatic carbocycles. The van der Waals surface area contributed by atoms with Crippen molar-refractivity contribution in [1.82, 2.24) is 10.2 Å². The Kier molecular flexibility index (Phi) is 10.5. The SMILES string of the molecule is CC[C@H](C(=O)NCC(C)C)N(Cc1ccccc1C)C(=O)CN(c1ccc(C)c(C)c1)S(=O)(=O)c1ccccc1. The average Bonchev–Trinajstić information content (AvgIpc) is 2.93. The number of aryl methyl sites for hydroxylation is 3. The van der Waals surface area contributed by atoms with Gasteiger partial charge in [-0.25, -0.2) is 8.42 Å². The smallest absolute Gasteiger partial charge is 0.264 e. The fourth-order valence-electron chi connectivity index (χ4n) is 4.44. The second-order valence-corrected chi connectivity index (χ2v) is 12.5. The molecule has 214 valence electrons. The lowest BCUT2D eigenvalue weighted by atomic mass is 10.1. The van der Waals surface area contributed by atoms with E-state index in [1.54, 1.807) is 30.3 Å². The second kappa shape index (κ2) is 13.6. The van der Waals surface area contributed by atoms with Gasteiger partial charge in [0.05, 0.1) is 10.6 Å². The van der Waals surface area contributed by atoms with Gasteiger partial charge in [-0.15, -0.1) is 0 Å². The highest BCUT2D eigenvalue weighted by atomic mass is 32.2. The lowest BCUT2D eigenvalue weighted by Gasteiger charge is -2.33. The van der Waals surface area contributed by atoms with E-state index in [1.165, 1.54) is 17.0 Å². The number of benzene rings is 3. The minimum absolute atomic E-state index is 0.0909. The van der Waals surface area contributed by atoms with E-state index in [1.807, 2.05) is 71.9 Å². The Morgan fingerprint density at radius 3 is 2.10 bits per heavy atom. The number of nitrogens with one attached hydrogen (secondary N) is 1. The molecule has 0 fully saturated rings. The van der Waals surface area contributed by atoms with Crippen LogP contribution in [-0.4, -0.2) is 44.3 Å². The summed E-state index contributed by atoms with van der Waals surface area (Å²) in [5.74, 6) is -0.451. The largest absolute Gasteiger partial charge is 0.354 e. The summed E-state index contributed by atoms with van der Waals surface area (Å²) in [5, 5.41) is 2.96. The lowest BCUT2D eigenvalue weighted by Crippen LogP contribution is -2.52. The maximum atomic E-state index is 14.2. The molecule has 8 heteroatoms. The molecule has 3 rings (SSSR count). The lowest BCUT2D eigenvalue weighted by molar-refractivity contribution is -0.140. The highest BCUT2D eigenvalue weighted by Crippen LogP contribution is 2.27. The molecule has 0 aliphatic heterocycles. The van der Waals surface area contributed by atoms with Gasteiger partial charge in [-0.2, -0.15) is 0 Å². The van der Waals surface area contributed by atoms with Crippen molar-refractivity contribution in [3.05, 3.63) is 95.1 Å². The summed E-state index contributed by atoms with van der Waals surface area (Å²) in [5.41, 5.74) is 4.21. The Balaban J connectivity index is 2.07. The van der Waals surface area contributed by atoms with Gasteiger partial charge in [0.25, 0.3) is 10.0 Å². The number of hydrogen-bond donors (Lipinski definition) is 1. The zero-order valence-corrected chi connectivity index (χ0v) is 25.2. The molecule has 0 spiro atoms. The van der Waals surface area contributed by atoms with Crippen LogP contribution in [0, 0.1) is 26.7 Å². The molecule has 3 aromatic rings. The zero-order valence-electron chi connectivity index (χ0n) is 24.3. The summed E-state index contributed by atoms with van der Waals surface area (Å²) in [4.78, 5) is 29.1. The van der Waals surface area contributed by atoms with Crippen LogP contribution >= 0.6 is 0 Å². The Hall–Kier alpha value is -3.65. The van der Waals surface area contributed by atoms with E-state index in [-0.39, 0.29) is 23.3 Å². The molecule has 0 aliphatic carbocycles. The fraction of sp³-hybridized carbons (Fsp3) is 0.375. The van der Waals surface area contributed by atoms with E-state index < -0.39 is 28.5 Å². The predicted octanol–water partition coefficient (Wildman–Crippen LogP) is 5.39. The molecule has 0 heterocycles. The summed E-state index contributed by atoms with van der Waals surface area (Å²) in [7, 11) is -4.08. The number of sulfonamides is 1. The van der Waals surface area contributed by atoms with Crippen molar-refractivity contribution in [1.29, 1.82) is 0 Å². The van der Waals surface area contributed by atoms with Crippen molar-refractivity contribution >= 4 is 27.5 Å². The fourth-order valence-corrected chi connectivity index (χ4v) is 5.87. The van der Waals surface area contributed by atoms with Crippen LogP contribution in [0.5, 0.6) is 0 Å². The molecule has 0 aromatic heterocycles. The van der Waals surface area contributed by atoms with Crippen molar-refractivity contribution < 1.29 is 18.0 Å². The van der Waals surface area contributed by atoms with Gasteiger partial charge in [-0.1, -0.05) is 69.3 Å². The summed E-state index contributed by atoms with van der Waals surface area (Å²) in [6.07, 6.45) is 0.386. The van der Waals surface area contributed by atoms with E-state index >= 15 is 0 Å². The van der Waals surface area contributed by atoms with Crippen LogP contribution in [-0.2, 0) is 26.2 Å². The summed E-state index contributed by atoms with van der Waals surface area (Å²) in [6, 6.07) is 20.4. The van der Waals surface area contributed by atoms with Gasteiger partial charge in [0.2, 0.25) is 11.8 Å². The summed E-state index contributed by atoms with van der Waals surface area (Å²) >= 11 is 0. The molecule has 0 saturated heterocycles. The van der Waals surface area contributed by atoms with Gasteiger partial charge in [0, 0.05) is 13.1 Å². The van der Waals surface area contributed by atoms with Crippen molar-refractivity contribution in [3.8, 4) is 0 Å². The molecular formula is C32H41N3O4S. The van der Waals surface area contributed by atoms with Crippen molar-refractivity contribution in [2.24, 2.45) is 5.92 Å². The first kappa shape index (κ1) is 30.9. The zero-order chi connectivity index (χ0) is 29.4. The van der Waals surface area contributed by atoms with Crippen LogP contribution in [0.25, 0.3) is 0 Å². The molecule has 0 unspecified atom stereocenters. The van der Waals surface area contributed by atoms with Gasteiger partial charge in [0.15, 0.2) is 0 Å².